The smallest absolute Gasteiger partial charge is 0.266 e. The van der Waals surface area contributed by atoms with Gasteiger partial charge in [-0.15, -0.1) is 0 Å². The summed E-state index contributed by atoms with van der Waals surface area (Å²) in [6.45, 7) is 1.19. The molecule has 1 saturated heterocycles. The van der Waals surface area contributed by atoms with Crippen LogP contribution in [0.15, 0.2) is 25.6 Å². The molecule has 1 atom stereocenters. The number of hydrogen-bond donors (Lipinski definition) is 1. The highest BCUT2D eigenvalue weighted by Gasteiger charge is 2.26. The minimum atomic E-state index is -0.401. The van der Waals surface area contributed by atoms with E-state index < -0.39 is 6.10 Å². The van der Waals surface area contributed by atoms with Crippen molar-refractivity contribution in [3.8, 4) is 17.7 Å². The molecule has 1 fully saturated rings. The fraction of sp³-hybridized carbons (Fsp3) is 0.385. The average molecular weight is 338 g/mol. The highest BCUT2D eigenvalue weighted by Crippen LogP contribution is 2.31. The third-order valence-corrected chi connectivity index (χ3v) is 3.61. The van der Waals surface area contributed by atoms with Gasteiger partial charge < -0.3 is 18.8 Å². The van der Waals surface area contributed by atoms with Gasteiger partial charge in [-0.3, -0.25) is 0 Å². The number of hydrogen-bond acceptors (Lipinski definition) is 6. The fourth-order valence-electron chi connectivity index (χ4n) is 2.27. The normalized spacial score (nSPS) is 19.1. The van der Waals surface area contributed by atoms with E-state index in [2.05, 4.69) is 20.9 Å². The lowest BCUT2D eigenvalue weighted by atomic mass is 10.1. The highest BCUT2D eigenvalue weighted by molar-refractivity contribution is 9.10. The van der Waals surface area contributed by atoms with Gasteiger partial charge in [-0.05, 0) is 40.9 Å². The first-order chi connectivity index (χ1) is 9.67. The Morgan fingerprint density at radius 1 is 1.45 bits per heavy atom. The number of rotatable bonds is 2. The first-order valence-electron chi connectivity index (χ1n) is 6.27. The molecule has 0 amide bonds. The Kier molecular flexibility index (Phi) is 3.51. The molecular formula is C13H12BrN3O3. The monoisotopic (exact) mass is 337 g/mol. The van der Waals surface area contributed by atoms with Gasteiger partial charge in [0.1, 0.15) is 6.07 Å². The van der Waals surface area contributed by atoms with Crippen LogP contribution in [0.5, 0.6) is 0 Å². The van der Waals surface area contributed by atoms with Gasteiger partial charge in [-0.2, -0.15) is 10.2 Å². The van der Waals surface area contributed by atoms with Crippen molar-refractivity contribution < 1.29 is 13.9 Å². The van der Waals surface area contributed by atoms with E-state index in [9.17, 15) is 10.4 Å². The van der Waals surface area contributed by atoms with Gasteiger partial charge >= 0.3 is 0 Å². The summed E-state index contributed by atoms with van der Waals surface area (Å²) in [5.74, 6) is 1.12. The summed E-state index contributed by atoms with van der Waals surface area (Å²) in [4.78, 5) is 6.00. The first kappa shape index (κ1) is 13.2. The van der Waals surface area contributed by atoms with Crippen molar-refractivity contribution in [3.05, 3.63) is 22.5 Å². The quantitative estimate of drug-likeness (QED) is 0.906. The van der Waals surface area contributed by atoms with Crippen molar-refractivity contribution >= 4 is 21.8 Å². The second-order valence-electron chi connectivity index (χ2n) is 4.63. The van der Waals surface area contributed by atoms with Crippen molar-refractivity contribution in [2.24, 2.45) is 0 Å². The number of aliphatic hydroxyl groups is 1. The lowest BCUT2D eigenvalue weighted by molar-refractivity contribution is 0.152. The minimum Gasteiger partial charge on any atom is -0.444 e. The summed E-state index contributed by atoms with van der Waals surface area (Å²) < 4.78 is 11.6. The van der Waals surface area contributed by atoms with E-state index in [4.69, 9.17) is 8.83 Å². The summed E-state index contributed by atoms with van der Waals surface area (Å²) in [6.07, 6.45) is 1.22. The lowest BCUT2D eigenvalue weighted by Crippen LogP contribution is -2.38. The molecule has 0 unspecified atom stereocenters. The molecule has 3 heterocycles. The van der Waals surface area contributed by atoms with E-state index in [1.54, 1.807) is 12.1 Å². The molecule has 7 heteroatoms. The average Bonchev–Trinajstić information content (AvgIpc) is 3.04. The fourth-order valence-corrected chi connectivity index (χ4v) is 2.58. The largest absolute Gasteiger partial charge is 0.444 e. The topological polar surface area (TPSA) is 86.4 Å². The number of nitrogens with zero attached hydrogens (tertiary/aromatic N) is 3. The Bertz CT molecular complexity index is 658. The molecule has 1 aliphatic rings. The van der Waals surface area contributed by atoms with Crippen LogP contribution in [0, 0.1) is 11.3 Å². The summed E-state index contributed by atoms with van der Waals surface area (Å²) in [6, 6.07) is 5.47. The number of halogens is 1. The Labute approximate surface area is 123 Å². The minimum absolute atomic E-state index is 0.210. The van der Waals surface area contributed by atoms with Crippen molar-refractivity contribution in [2.75, 3.05) is 18.0 Å². The van der Waals surface area contributed by atoms with E-state index in [-0.39, 0.29) is 11.6 Å². The van der Waals surface area contributed by atoms with E-state index in [1.165, 1.54) is 0 Å². The zero-order chi connectivity index (χ0) is 14.1. The zero-order valence-corrected chi connectivity index (χ0v) is 12.1. The van der Waals surface area contributed by atoms with Gasteiger partial charge in [0.2, 0.25) is 11.6 Å². The third-order valence-electron chi connectivity index (χ3n) is 3.18. The van der Waals surface area contributed by atoms with Gasteiger partial charge in [0, 0.05) is 13.1 Å². The molecule has 1 aliphatic heterocycles. The maximum atomic E-state index is 9.72. The number of β-amino-alcohol motifs (C(OH)–C–C–N with tert-alkyl or cyclic N) is 1. The number of aliphatic hydroxyl groups excluding tert-OH is 1. The standard InChI is InChI=1S/C13H12BrN3O3/c14-11-4-3-10(19-11)12-16-9(6-15)13(20-12)17-5-1-2-8(18)7-17/h3-4,8,18H,1-2,5,7H2/t8-/m0/s1. The molecular weight excluding hydrogens is 326 g/mol. The SMILES string of the molecule is N#Cc1nc(-c2ccc(Br)o2)oc1N1CCC[C@H](O)C1. The van der Waals surface area contributed by atoms with Crippen LogP contribution >= 0.6 is 15.9 Å². The molecule has 0 aliphatic carbocycles. The molecule has 0 saturated carbocycles. The van der Waals surface area contributed by atoms with Crippen molar-refractivity contribution in [2.45, 2.75) is 18.9 Å². The molecule has 0 bridgehead atoms. The second kappa shape index (κ2) is 5.31. The Morgan fingerprint density at radius 3 is 2.95 bits per heavy atom. The predicted molar refractivity (Wildman–Crippen MR) is 74.1 cm³/mol. The number of nitriles is 1. The molecule has 104 valence electrons. The zero-order valence-electron chi connectivity index (χ0n) is 10.5. The first-order valence-corrected chi connectivity index (χ1v) is 7.06. The van der Waals surface area contributed by atoms with Gasteiger partial charge in [0.05, 0.1) is 6.10 Å². The second-order valence-corrected chi connectivity index (χ2v) is 5.41. The van der Waals surface area contributed by atoms with Crippen molar-refractivity contribution in [1.29, 1.82) is 5.26 Å². The Hall–Kier alpha value is -1.78. The molecule has 0 aromatic carbocycles. The summed E-state index contributed by atoms with van der Waals surface area (Å²) in [7, 11) is 0. The number of piperidine rings is 1. The Balaban J connectivity index is 1.95. The van der Waals surface area contributed by atoms with Crippen molar-refractivity contribution in [1.82, 2.24) is 4.98 Å². The molecule has 3 rings (SSSR count). The molecule has 0 spiro atoms. The highest BCUT2D eigenvalue weighted by atomic mass is 79.9. The van der Waals surface area contributed by atoms with Crippen LogP contribution < -0.4 is 4.90 Å². The predicted octanol–water partition coefficient (Wildman–Crippen LogP) is 2.53. The van der Waals surface area contributed by atoms with Crippen LogP contribution in [0.4, 0.5) is 5.88 Å². The number of furan rings is 1. The summed E-state index contributed by atoms with van der Waals surface area (Å²) in [5.41, 5.74) is 0.210. The van der Waals surface area contributed by atoms with Crippen LogP contribution in [0.3, 0.4) is 0 Å². The van der Waals surface area contributed by atoms with Crippen LogP contribution in [0.2, 0.25) is 0 Å². The third kappa shape index (κ3) is 2.44. The number of oxazole rings is 1. The van der Waals surface area contributed by atoms with Crippen LogP contribution in [0.1, 0.15) is 18.5 Å². The van der Waals surface area contributed by atoms with Gasteiger partial charge in [-0.1, -0.05) is 0 Å². The maximum Gasteiger partial charge on any atom is 0.266 e. The van der Waals surface area contributed by atoms with E-state index in [1.807, 2.05) is 11.0 Å². The van der Waals surface area contributed by atoms with Gasteiger partial charge in [-0.25, -0.2) is 0 Å². The van der Waals surface area contributed by atoms with E-state index in [0.717, 1.165) is 19.4 Å². The van der Waals surface area contributed by atoms with E-state index >= 15 is 0 Å². The number of anilines is 1. The molecule has 20 heavy (non-hydrogen) atoms. The van der Waals surface area contributed by atoms with E-state index in [0.29, 0.717) is 22.9 Å². The summed E-state index contributed by atoms with van der Waals surface area (Å²) in [5, 5.41) is 18.9. The molecule has 2 aromatic rings. The summed E-state index contributed by atoms with van der Waals surface area (Å²) >= 11 is 3.21. The lowest BCUT2D eigenvalue weighted by Gasteiger charge is -2.29. The molecule has 0 radical (unpaired) electrons. The van der Waals surface area contributed by atoms with Gasteiger partial charge in [0.15, 0.2) is 10.4 Å². The molecule has 6 nitrogen and oxygen atoms in total. The number of aromatic nitrogens is 1. The van der Waals surface area contributed by atoms with Crippen LogP contribution in [-0.4, -0.2) is 29.3 Å². The molecule has 1 N–H and O–H groups in total. The maximum absolute atomic E-state index is 9.72. The molecule has 2 aromatic heterocycles. The van der Waals surface area contributed by atoms with Crippen molar-refractivity contribution in [3.63, 3.8) is 0 Å². The van der Waals surface area contributed by atoms with Crippen LogP contribution in [-0.2, 0) is 0 Å². The van der Waals surface area contributed by atoms with Gasteiger partial charge in [0.25, 0.3) is 5.89 Å². The Morgan fingerprint density at radius 2 is 2.30 bits per heavy atom. The van der Waals surface area contributed by atoms with Crippen LogP contribution in [0.25, 0.3) is 11.7 Å².